The average molecular weight is 175 g/mol. The molecule has 48 valence electrons. The van der Waals surface area contributed by atoms with Crippen molar-refractivity contribution < 1.29 is 27.3 Å². The van der Waals surface area contributed by atoms with E-state index in [0.29, 0.717) is 0 Å². The predicted molar refractivity (Wildman–Crippen MR) is 29.7 cm³/mol. The Hall–Kier alpha value is 0.0325. The molecule has 0 rings (SSSR count). The van der Waals surface area contributed by atoms with Gasteiger partial charge in [0.05, 0.1) is 0 Å². The Kier molecular flexibility index (Phi) is 13.8. The van der Waals surface area contributed by atoms with Crippen LogP contribution in [0.5, 0.6) is 0 Å². The SMILES string of the molecule is C=C(C)C(=O)O.Cl.[Cr]. The quantitative estimate of drug-likeness (QED) is 0.604. The van der Waals surface area contributed by atoms with E-state index in [1.54, 1.807) is 0 Å². The number of carbonyl (C=O) groups is 1. The Bertz CT molecular complexity index is 80.0. The number of aliphatic carboxylic acids is 1. The smallest absolute Gasteiger partial charge is 0.330 e. The molecule has 0 aromatic carbocycles. The van der Waals surface area contributed by atoms with Gasteiger partial charge in [0.2, 0.25) is 0 Å². The van der Waals surface area contributed by atoms with Gasteiger partial charge in [-0.3, -0.25) is 0 Å². The molecule has 0 atom stereocenters. The summed E-state index contributed by atoms with van der Waals surface area (Å²) in [6, 6.07) is 0. The van der Waals surface area contributed by atoms with E-state index in [2.05, 4.69) is 6.58 Å². The Balaban J connectivity index is -0.000000125. The normalized spacial score (nSPS) is 5.62. The molecule has 0 saturated carbocycles. The van der Waals surface area contributed by atoms with Gasteiger partial charge in [-0.05, 0) is 6.92 Å². The molecule has 4 heteroatoms. The third-order valence-electron chi connectivity index (χ3n) is 0.365. The van der Waals surface area contributed by atoms with E-state index in [1.807, 2.05) is 0 Å². The molecule has 0 aliphatic rings. The van der Waals surface area contributed by atoms with Gasteiger partial charge in [-0.2, -0.15) is 0 Å². The van der Waals surface area contributed by atoms with Crippen molar-refractivity contribution in [3.63, 3.8) is 0 Å². The molecule has 0 aromatic rings. The van der Waals surface area contributed by atoms with Gasteiger partial charge in [0.25, 0.3) is 0 Å². The number of halogens is 1. The summed E-state index contributed by atoms with van der Waals surface area (Å²) in [5, 5.41) is 7.89. The van der Waals surface area contributed by atoms with Crippen LogP contribution in [0.4, 0.5) is 0 Å². The fraction of sp³-hybridized carbons (Fsp3) is 0.250. The molecular formula is C4H7ClCrO2. The molecule has 0 bridgehead atoms. The molecule has 0 spiro atoms. The molecule has 2 nitrogen and oxygen atoms in total. The molecule has 0 aliphatic heterocycles. The van der Waals surface area contributed by atoms with Gasteiger partial charge >= 0.3 is 5.97 Å². The third kappa shape index (κ3) is 9.40. The fourth-order valence-corrected chi connectivity index (χ4v) is 0. The van der Waals surface area contributed by atoms with Gasteiger partial charge < -0.3 is 5.11 Å². The van der Waals surface area contributed by atoms with Crippen LogP contribution in [0.2, 0.25) is 0 Å². The second kappa shape index (κ2) is 7.03. The first-order valence-electron chi connectivity index (χ1n) is 1.53. The number of hydrogen-bond donors (Lipinski definition) is 1. The summed E-state index contributed by atoms with van der Waals surface area (Å²) < 4.78 is 0. The second-order valence-corrected chi connectivity index (χ2v) is 1.09. The molecular weight excluding hydrogens is 167 g/mol. The standard InChI is InChI=1S/C4H6O2.ClH.Cr/c1-3(2)4(5)6;;/h1H2,2H3,(H,5,6);1H;. The maximum absolute atomic E-state index is 9.60. The van der Waals surface area contributed by atoms with Crippen LogP contribution in [0.15, 0.2) is 12.2 Å². The van der Waals surface area contributed by atoms with Crippen molar-refractivity contribution in [1.82, 2.24) is 0 Å². The van der Waals surface area contributed by atoms with Gasteiger partial charge in [-0.25, -0.2) is 4.79 Å². The summed E-state index contributed by atoms with van der Waals surface area (Å²) in [7, 11) is 0. The van der Waals surface area contributed by atoms with Crippen LogP contribution in [-0.4, -0.2) is 11.1 Å². The van der Waals surface area contributed by atoms with Crippen molar-refractivity contribution in [3.05, 3.63) is 12.2 Å². The van der Waals surface area contributed by atoms with E-state index >= 15 is 0 Å². The van der Waals surface area contributed by atoms with Crippen molar-refractivity contribution in [1.29, 1.82) is 0 Å². The summed E-state index contributed by atoms with van der Waals surface area (Å²) in [5.41, 5.74) is 0.176. The number of carboxylic acids is 1. The van der Waals surface area contributed by atoms with E-state index in [0.717, 1.165) is 0 Å². The van der Waals surface area contributed by atoms with Gasteiger partial charge in [-0.1, -0.05) is 6.58 Å². The Labute approximate surface area is 65.1 Å². The molecule has 0 unspecified atom stereocenters. The minimum atomic E-state index is -0.935. The van der Waals surface area contributed by atoms with Crippen LogP contribution in [0.1, 0.15) is 6.92 Å². The summed E-state index contributed by atoms with van der Waals surface area (Å²) in [5.74, 6) is -0.935. The van der Waals surface area contributed by atoms with Crippen LogP contribution < -0.4 is 0 Å². The van der Waals surface area contributed by atoms with E-state index < -0.39 is 5.97 Å². The van der Waals surface area contributed by atoms with Crippen LogP contribution in [-0.2, 0) is 22.2 Å². The zero-order chi connectivity index (χ0) is 5.15. The van der Waals surface area contributed by atoms with E-state index in [1.165, 1.54) is 6.92 Å². The Morgan fingerprint density at radius 3 is 1.75 bits per heavy atom. The molecule has 0 aliphatic carbocycles. The summed E-state index contributed by atoms with van der Waals surface area (Å²) in [6.45, 7) is 4.60. The Morgan fingerprint density at radius 1 is 1.62 bits per heavy atom. The van der Waals surface area contributed by atoms with E-state index in [4.69, 9.17) is 5.11 Å². The van der Waals surface area contributed by atoms with Crippen molar-refractivity contribution in [2.75, 3.05) is 0 Å². The minimum absolute atomic E-state index is 0. The topological polar surface area (TPSA) is 37.3 Å². The average Bonchev–Trinajstić information content (AvgIpc) is 1.36. The first-order valence-corrected chi connectivity index (χ1v) is 1.53. The van der Waals surface area contributed by atoms with Gasteiger partial charge in [0.15, 0.2) is 0 Å². The van der Waals surface area contributed by atoms with Crippen LogP contribution in [0, 0.1) is 0 Å². The van der Waals surface area contributed by atoms with Crippen molar-refractivity contribution in [2.24, 2.45) is 0 Å². The second-order valence-electron chi connectivity index (χ2n) is 1.09. The predicted octanol–water partition coefficient (Wildman–Crippen LogP) is 1.07. The molecule has 1 N–H and O–H groups in total. The maximum Gasteiger partial charge on any atom is 0.330 e. The molecule has 0 radical (unpaired) electrons. The van der Waals surface area contributed by atoms with Crippen LogP contribution in [0.3, 0.4) is 0 Å². The third-order valence-corrected chi connectivity index (χ3v) is 0.365. The molecule has 0 saturated heterocycles. The van der Waals surface area contributed by atoms with E-state index in [9.17, 15) is 4.79 Å². The monoisotopic (exact) mass is 174 g/mol. The molecule has 0 heterocycles. The van der Waals surface area contributed by atoms with Crippen molar-refractivity contribution in [2.45, 2.75) is 6.92 Å². The van der Waals surface area contributed by atoms with Gasteiger partial charge in [0.1, 0.15) is 0 Å². The van der Waals surface area contributed by atoms with Crippen molar-refractivity contribution in [3.8, 4) is 0 Å². The largest absolute Gasteiger partial charge is 0.478 e. The van der Waals surface area contributed by atoms with Crippen LogP contribution >= 0.6 is 12.4 Å². The maximum atomic E-state index is 9.60. The first kappa shape index (κ1) is 15.7. The van der Waals surface area contributed by atoms with Gasteiger partial charge in [0, 0.05) is 22.9 Å². The number of rotatable bonds is 1. The first-order chi connectivity index (χ1) is 2.64. The fourth-order valence-electron chi connectivity index (χ4n) is 0. The van der Waals surface area contributed by atoms with Gasteiger partial charge in [-0.15, -0.1) is 12.4 Å². The number of hydrogen-bond acceptors (Lipinski definition) is 1. The number of carboxylic acid groups (broad SMARTS) is 1. The molecule has 8 heavy (non-hydrogen) atoms. The summed E-state index contributed by atoms with van der Waals surface area (Å²) >= 11 is 0. The molecule has 0 fully saturated rings. The summed E-state index contributed by atoms with van der Waals surface area (Å²) in [6.07, 6.45) is 0. The molecule has 0 aromatic heterocycles. The summed E-state index contributed by atoms with van der Waals surface area (Å²) in [4.78, 5) is 9.60. The molecule has 0 amide bonds. The Morgan fingerprint density at radius 2 is 1.75 bits per heavy atom. The minimum Gasteiger partial charge on any atom is -0.478 e. The zero-order valence-corrected chi connectivity index (χ0v) is 6.47. The van der Waals surface area contributed by atoms with Crippen LogP contribution in [0.25, 0.3) is 0 Å². The zero-order valence-electron chi connectivity index (χ0n) is 4.38. The van der Waals surface area contributed by atoms with E-state index in [-0.39, 0.29) is 35.3 Å². The van der Waals surface area contributed by atoms with Crippen molar-refractivity contribution >= 4 is 18.4 Å².